The molecule has 11 nitrogen and oxygen atoms in total. The predicted octanol–water partition coefficient (Wildman–Crippen LogP) is 3.78. The van der Waals surface area contributed by atoms with Gasteiger partial charge in [0.1, 0.15) is 28.5 Å². The number of anilines is 3. The van der Waals surface area contributed by atoms with Crippen LogP contribution in [0.25, 0.3) is 5.65 Å². The van der Waals surface area contributed by atoms with E-state index in [0.717, 1.165) is 0 Å². The van der Waals surface area contributed by atoms with E-state index in [1.54, 1.807) is 45.2 Å². The number of alkyl halides is 2. The topological polar surface area (TPSA) is 123 Å². The SMILES string of the molecule is COc1ncccc1Nc1cc(N(C)C(=O)OC(C)(C)C)n2ncc(C(=O)NC3CC(F)(F)C3)c2n1. The summed E-state index contributed by atoms with van der Waals surface area (Å²) in [7, 11) is 2.96. The average molecular weight is 504 g/mol. The van der Waals surface area contributed by atoms with Crippen LogP contribution in [0.3, 0.4) is 0 Å². The van der Waals surface area contributed by atoms with Crippen LogP contribution in [0.15, 0.2) is 30.6 Å². The van der Waals surface area contributed by atoms with Gasteiger partial charge in [-0.05, 0) is 32.9 Å². The first-order valence-corrected chi connectivity index (χ1v) is 11.2. The van der Waals surface area contributed by atoms with E-state index in [1.165, 1.54) is 29.8 Å². The maximum atomic E-state index is 13.2. The molecule has 0 atom stereocenters. The number of fused-ring (bicyclic) bond motifs is 1. The zero-order valence-corrected chi connectivity index (χ0v) is 20.5. The van der Waals surface area contributed by atoms with Gasteiger partial charge < -0.3 is 20.1 Å². The fraction of sp³-hybridized carbons (Fsp3) is 0.435. The first-order chi connectivity index (χ1) is 16.9. The highest BCUT2D eigenvalue weighted by Gasteiger charge is 2.46. The maximum absolute atomic E-state index is 13.2. The molecule has 2 amide bonds. The number of rotatable bonds is 6. The molecule has 1 aliphatic carbocycles. The zero-order chi connectivity index (χ0) is 26.3. The van der Waals surface area contributed by atoms with Crippen LogP contribution in [-0.4, -0.2) is 63.3 Å². The number of nitrogens with one attached hydrogen (secondary N) is 2. The van der Waals surface area contributed by atoms with E-state index in [9.17, 15) is 18.4 Å². The van der Waals surface area contributed by atoms with Gasteiger partial charge in [0.2, 0.25) is 5.88 Å². The third kappa shape index (κ3) is 5.29. The molecule has 1 fully saturated rings. The van der Waals surface area contributed by atoms with Gasteiger partial charge in [-0.15, -0.1) is 0 Å². The van der Waals surface area contributed by atoms with Crippen LogP contribution in [-0.2, 0) is 4.74 Å². The molecule has 3 heterocycles. The average Bonchev–Trinajstić information content (AvgIpc) is 3.20. The van der Waals surface area contributed by atoms with Crippen LogP contribution in [0.4, 0.5) is 30.9 Å². The van der Waals surface area contributed by atoms with E-state index in [1.807, 2.05) is 0 Å². The largest absolute Gasteiger partial charge is 0.480 e. The zero-order valence-electron chi connectivity index (χ0n) is 20.5. The van der Waals surface area contributed by atoms with E-state index in [2.05, 4.69) is 25.7 Å². The second-order valence-electron chi connectivity index (χ2n) is 9.45. The quantitative estimate of drug-likeness (QED) is 0.521. The van der Waals surface area contributed by atoms with Crippen LogP contribution in [0, 0.1) is 0 Å². The number of ether oxygens (including phenoxy) is 2. The Morgan fingerprint density at radius 2 is 2.00 bits per heavy atom. The van der Waals surface area contributed by atoms with Crippen LogP contribution in [0.1, 0.15) is 44.0 Å². The Hall–Kier alpha value is -4.03. The van der Waals surface area contributed by atoms with Crippen molar-refractivity contribution in [1.29, 1.82) is 0 Å². The second kappa shape index (κ2) is 9.21. The van der Waals surface area contributed by atoms with Crippen LogP contribution in [0.2, 0.25) is 0 Å². The summed E-state index contributed by atoms with van der Waals surface area (Å²) in [5.74, 6) is -2.57. The molecule has 0 aliphatic heterocycles. The van der Waals surface area contributed by atoms with Crippen molar-refractivity contribution < 1.29 is 27.8 Å². The van der Waals surface area contributed by atoms with Crippen LogP contribution >= 0.6 is 0 Å². The van der Waals surface area contributed by atoms with Crippen molar-refractivity contribution in [1.82, 2.24) is 24.9 Å². The third-order valence-electron chi connectivity index (χ3n) is 5.36. The molecule has 0 spiro atoms. The Labute approximate surface area is 205 Å². The lowest BCUT2D eigenvalue weighted by Gasteiger charge is -2.35. The van der Waals surface area contributed by atoms with Gasteiger partial charge >= 0.3 is 6.09 Å². The number of methoxy groups -OCH3 is 1. The molecule has 192 valence electrons. The van der Waals surface area contributed by atoms with E-state index in [-0.39, 0.29) is 22.8 Å². The standard InChI is InChI=1S/C23H27F2N7O4/c1-22(2,3)36-21(34)31(4)17-9-16(29-15-7-6-8-26-20(15)35-5)30-18-14(12-27-32(17)18)19(33)28-13-10-23(24,25)11-13/h6-9,12-13H,10-11H2,1-5H3,(H,28,33)(H,29,30). The lowest BCUT2D eigenvalue weighted by Crippen LogP contribution is -2.50. The van der Waals surface area contributed by atoms with E-state index >= 15 is 0 Å². The summed E-state index contributed by atoms with van der Waals surface area (Å²) in [6, 6.07) is 4.32. The number of hydrogen-bond acceptors (Lipinski definition) is 8. The molecular weight excluding hydrogens is 476 g/mol. The molecular formula is C23H27F2N7O4. The van der Waals surface area contributed by atoms with Crippen LogP contribution < -0.4 is 20.3 Å². The minimum atomic E-state index is -2.78. The van der Waals surface area contributed by atoms with Crippen molar-refractivity contribution >= 4 is 35.0 Å². The molecule has 36 heavy (non-hydrogen) atoms. The summed E-state index contributed by atoms with van der Waals surface area (Å²) >= 11 is 0. The number of carbonyl (C=O) groups is 2. The first kappa shape index (κ1) is 25.1. The second-order valence-corrected chi connectivity index (χ2v) is 9.45. The highest BCUT2D eigenvalue weighted by Crippen LogP contribution is 2.37. The molecule has 1 saturated carbocycles. The lowest BCUT2D eigenvalue weighted by atomic mass is 9.88. The van der Waals surface area contributed by atoms with Crippen molar-refractivity contribution in [3.63, 3.8) is 0 Å². The third-order valence-corrected chi connectivity index (χ3v) is 5.36. The number of aromatic nitrogens is 4. The number of halogens is 2. The van der Waals surface area contributed by atoms with Gasteiger partial charge in [0.05, 0.1) is 13.3 Å². The fourth-order valence-corrected chi connectivity index (χ4v) is 3.65. The lowest BCUT2D eigenvalue weighted by molar-refractivity contribution is -0.0901. The van der Waals surface area contributed by atoms with E-state index < -0.39 is 42.4 Å². The van der Waals surface area contributed by atoms with Crippen molar-refractivity contribution in [3.8, 4) is 5.88 Å². The Morgan fingerprint density at radius 3 is 2.64 bits per heavy atom. The molecule has 13 heteroatoms. The van der Waals surface area contributed by atoms with Gasteiger partial charge in [0.15, 0.2) is 5.65 Å². The summed E-state index contributed by atoms with van der Waals surface area (Å²) in [5, 5.41) is 9.90. The monoisotopic (exact) mass is 503 g/mol. The smallest absolute Gasteiger partial charge is 0.415 e. The Kier molecular flexibility index (Phi) is 6.41. The molecule has 1 aliphatic rings. The van der Waals surface area contributed by atoms with Crippen molar-refractivity contribution in [2.24, 2.45) is 0 Å². The molecule has 0 unspecified atom stereocenters. The van der Waals surface area contributed by atoms with E-state index in [0.29, 0.717) is 11.6 Å². The number of hydrogen-bond donors (Lipinski definition) is 2. The minimum absolute atomic E-state index is 0.0610. The summed E-state index contributed by atoms with van der Waals surface area (Å²) in [6.45, 7) is 5.22. The molecule has 0 aromatic carbocycles. The van der Waals surface area contributed by atoms with Gasteiger partial charge in [-0.25, -0.2) is 23.5 Å². The number of pyridine rings is 1. The molecule has 0 saturated heterocycles. The normalized spacial score (nSPS) is 15.2. The maximum Gasteiger partial charge on any atom is 0.415 e. The molecule has 2 N–H and O–H groups in total. The van der Waals surface area contributed by atoms with Gasteiger partial charge in [-0.2, -0.15) is 9.61 Å². The Bertz CT molecular complexity index is 1300. The van der Waals surface area contributed by atoms with Crippen molar-refractivity contribution in [3.05, 3.63) is 36.2 Å². The molecule has 3 aromatic heterocycles. The van der Waals surface area contributed by atoms with Crippen molar-refractivity contribution in [2.45, 2.75) is 51.2 Å². The molecule has 4 rings (SSSR count). The highest BCUT2D eigenvalue weighted by atomic mass is 19.3. The summed E-state index contributed by atoms with van der Waals surface area (Å²) in [4.78, 5) is 35.6. The van der Waals surface area contributed by atoms with Gasteiger partial charge in [0, 0.05) is 38.2 Å². The van der Waals surface area contributed by atoms with Gasteiger partial charge in [0.25, 0.3) is 11.8 Å². The minimum Gasteiger partial charge on any atom is -0.480 e. The van der Waals surface area contributed by atoms with Crippen LogP contribution in [0.5, 0.6) is 5.88 Å². The predicted molar refractivity (Wildman–Crippen MR) is 127 cm³/mol. The first-order valence-electron chi connectivity index (χ1n) is 11.2. The van der Waals surface area contributed by atoms with E-state index in [4.69, 9.17) is 9.47 Å². The molecule has 0 bridgehead atoms. The number of carbonyl (C=O) groups excluding carboxylic acids is 2. The summed E-state index contributed by atoms with van der Waals surface area (Å²) in [6.07, 6.45) is 1.33. The molecule has 0 radical (unpaired) electrons. The van der Waals surface area contributed by atoms with Crippen molar-refractivity contribution in [2.75, 3.05) is 24.4 Å². The molecule has 3 aromatic rings. The summed E-state index contributed by atoms with van der Waals surface area (Å²) < 4.78 is 38.5. The summed E-state index contributed by atoms with van der Waals surface area (Å²) in [5.41, 5.74) is -0.0885. The van der Waals surface area contributed by atoms with Gasteiger partial charge in [-0.3, -0.25) is 9.69 Å². The highest BCUT2D eigenvalue weighted by molar-refractivity contribution is 6.00. The Morgan fingerprint density at radius 1 is 1.28 bits per heavy atom. The number of amides is 2. The fourth-order valence-electron chi connectivity index (χ4n) is 3.65. The Balaban J connectivity index is 1.74. The number of nitrogens with zero attached hydrogens (tertiary/aromatic N) is 5. The van der Waals surface area contributed by atoms with Gasteiger partial charge in [-0.1, -0.05) is 0 Å².